The lowest BCUT2D eigenvalue weighted by molar-refractivity contribution is 0.171. The number of sulfone groups is 1. The van der Waals surface area contributed by atoms with E-state index in [1.165, 1.54) is 0 Å². The largest absolute Gasteiger partial charge is 0.486 e. The maximum absolute atomic E-state index is 12.3. The van der Waals surface area contributed by atoms with Gasteiger partial charge in [0, 0.05) is 6.04 Å². The highest BCUT2D eigenvalue weighted by Crippen LogP contribution is 2.33. The van der Waals surface area contributed by atoms with E-state index in [-0.39, 0.29) is 17.0 Å². The van der Waals surface area contributed by atoms with Crippen molar-refractivity contribution in [2.75, 3.05) is 26.0 Å². The zero-order valence-corrected chi connectivity index (χ0v) is 13.6. The van der Waals surface area contributed by atoms with Gasteiger partial charge >= 0.3 is 0 Å². The maximum atomic E-state index is 12.3. The van der Waals surface area contributed by atoms with Gasteiger partial charge in [-0.2, -0.15) is 0 Å². The summed E-state index contributed by atoms with van der Waals surface area (Å²) < 4.78 is 35.6. The highest BCUT2D eigenvalue weighted by atomic mass is 32.2. The van der Waals surface area contributed by atoms with E-state index in [9.17, 15) is 8.42 Å². The third-order valence-electron chi connectivity index (χ3n) is 3.90. The molecule has 1 aromatic carbocycles. The summed E-state index contributed by atoms with van der Waals surface area (Å²) in [5, 5.41) is 2.76. The number of rotatable bonds is 6. The molecule has 1 aliphatic rings. The summed E-state index contributed by atoms with van der Waals surface area (Å²) in [6, 6.07) is 5.34. The minimum atomic E-state index is -3.13. The predicted molar refractivity (Wildman–Crippen MR) is 82.8 cm³/mol. The Hall–Kier alpha value is -1.27. The van der Waals surface area contributed by atoms with Crippen molar-refractivity contribution in [3.8, 4) is 11.5 Å². The molecular formula is C15H23NO4S. The van der Waals surface area contributed by atoms with Gasteiger partial charge in [0.15, 0.2) is 21.3 Å². The summed E-state index contributed by atoms with van der Waals surface area (Å²) in [5.74, 6) is 1.47. The number of nitrogens with one attached hydrogen (secondary N) is 1. The van der Waals surface area contributed by atoms with Crippen molar-refractivity contribution < 1.29 is 17.9 Å². The van der Waals surface area contributed by atoms with E-state index in [1.54, 1.807) is 14.0 Å². The van der Waals surface area contributed by atoms with Gasteiger partial charge in [0.2, 0.25) is 0 Å². The topological polar surface area (TPSA) is 64.6 Å². The van der Waals surface area contributed by atoms with Crippen molar-refractivity contribution in [2.24, 2.45) is 0 Å². The fraction of sp³-hybridized carbons (Fsp3) is 0.600. The molecule has 6 heteroatoms. The molecule has 0 saturated heterocycles. The lowest BCUT2D eigenvalue weighted by atomic mass is 10.1. The molecule has 0 saturated carbocycles. The molecule has 21 heavy (non-hydrogen) atoms. The van der Waals surface area contributed by atoms with E-state index in [4.69, 9.17) is 9.47 Å². The van der Waals surface area contributed by atoms with Gasteiger partial charge in [-0.3, -0.25) is 0 Å². The van der Waals surface area contributed by atoms with Crippen LogP contribution in [0, 0.1) is 0 Å². The third-order valence-corrected chi connectivity index (χ3v) is 6.26. The van der Waals surface area contributed by atoms with Crippen molar-refractivity contribution in [1.82, 2.24) is 5.32 Å². The van der Waals surface area contributed by atoms with Crippen molar-refractivity contribution in [3.63, 3.8) is 0 Å². The molecule has 5 nitrogen and oxygen atoms in total. The van der Waals surface area contributed by atoms with Gasteiger partial charge in [-0.05, 0) is 38.1 Å². The van der Waals surface area contributed by atoms with Crippen molar-refractivity contribution in [3.05, 3.63) is 23.8 Å². The summed E-state index contributed by atoms with van der Waals surface area (Å²) in [6.07, 6.45) is 0.625. The number of benzene rings is 1. The van der Waals surface area contributed by atoms with Crippen LogP contribution in [0.4, 0.5) is 0 Å². The van der Waals surface area contributed by atoms with Crippen LogP contribution in [0.1, 0.15) is 31.9 Å². The normalized spacial score (nSPS) is 17.3. The van der Waals surface area contributed by atoms with Crippen LogP contribution in [0.25, 0.3) is 0 Å². The second kappa shape index (κ2) is 6.66. The van der Waals surface area contributed by atoms with Crippen LogP contribution < -0.4 is 14.8 Å². The molecule has 1 heterocycles. The van der Waals surface area contributed by atoms with Gasteiger partial charge in [-0.25, -0.2) is 8.42 Å². The van der Waals surface area contributed by atoms with E-state index in [2.05, 4.69) is 5.32 Å². The molecule has 0 aromatic heterocycles. The standard InChI is InChI=1S/C15H23NO4S/c1-4-11(2)21(17,18)10-13(16-3)12-5-6-14-15(9-12)20-8-7-19-14/h5-6,9,11,13,16H,4,7-8,10H2,1-3H3. The SMILES string of the molecule is CCC(C)S(=O)(=O)CC(NC)c1ccc2c(c1)OCCO2. The summed E-state index contributed by atoms with van der Waals surface area (Å²) in [5.41, 5.74) is 0.897. The van der Waals surface area contributed by atoms with E-state index >= 15 is 0 Å². The van der Waals surface area contributed by atoms with E-state index in [0.29, 0.717) is 31.1 Å². The van der Waals surface area contributed by atoms with Gasteiger partial charge < -0.3 is 14.8 Å². The van der Waals surface area contributed by atoms with Crippen LogP contribution in [0.5, 0.6) is 11.5 Å². The number of fused-ring (bicyclic) bond motifs is 1. The monoisotopic (exact) mass is 313 g/mol. The lowest BCUT2D eigenvalue weighted by Gasteiger charge is -2.23. The highest BCUT2D eigenvalue weighted by molar-refractivity contribution is 7.92. The van der Waals surface area contributed by atoms with Gasteiger partial charge in [-0.15, -0.1) is 0 Å². The Morgan fingerprint density at radius 3 is 2.52 bits per heavy atom. The maximum Gasteiger partial charge on any atom is 0.161 e. The smallest absolute Gasteiger partial charge is 0.161 e. The van der Waals surface area contributed by atoms with Crippen molar-refractivity contribution in [1.29, 1.82) is 0 Å². The van der Waals surface area contributed by atoms with Crippen LogP contribution in [0.2, 0.25) is 0 Å². The van der Waals surface area contributed by atoms with Gasteiger partial charge in [0.1, 0.15) is 13.2 Å². The summed E-state index contributed by atoms with van der Waals surface area (Å²) in [6.45, 7) is 4.71. The Balaban J connectivity index is 2.22. The van der Waals surface area contributed by atoms with Gasteiger partial charge in [0.05, 0.1) is 11.0 Å². The Morgan fingerprint density at radius 1 is 1.24 bits per heavy atom. The molecule has 0 fully saturated rings. The molecule has 2 rings (SSSR count). The summed E-state index contributed by atoms with van der Waals surface area (Å²) in [4.78, 5) is 0. The van der Waals surface area contributed by atoms with Crippen LogP contribution in [-0.2, 0) is 9.84 Å². The Bertz CT molecular complexity index is 585. The molecule has 0 bridgehead atoms. The second-order valence-corrected chi connectivity index (χ2v) is 7.76. The highest BCUT2D eigenvalue weighted by Gasteiger charge is 2.25. The number of hydrogen-bond acceptors (Lipinski definition) is 5. The summed E-state index contributed by atoms with van der Waals surface area (Å²) >= 11 is 0. The van der Waals surface area contributed by atoms with Crippen LogP contribution in [0.3, 0.4) is 0 Å². The first kappa shape index (κ1) is 16.1. The Morgan fingerprint density at radius 2 is 1.90 bits per heavy atom. The lowest BCUT2D eigenvalue weighted by Crippen LogP contribution is -2.30. The molecule has 2 atom stereocenters. The van der Waals surface area contributed by atoms with Gasteiger partial charge in [-0.1, -0.05) is 13.0 Å². The van der Waals surface area contributed by atoms with E-state index < -0.39 is 9.84 Å². The van der Waals surface area contributed by atoms with E-state index in [0.717, 1.165) is 5.56 Å². The molecule has 0 spiro atoms. The molecule has 118 valence electrons. The van der Waals surface area contributed by atoms with Crippen LogP contribution in [-0.4, -0.2) is 39.7 Å². The molecule has 1 aromatic rings. The second-order valence-electron chi connectivity index (χ2n) is 5.29. The molecular weight excluding hydrogens is 290 g/mol. The van der Waals surface area contributed by atoms with Crippen molar-refractivity contribution in [2.45, 2.75) is 31.6 Å². The predicted octanol–water partition coefficient (Wildman–Crippen LogP) is 1.93. The minimum absolute atomic E-state index is 0.0815. The van der Waals surface area contributed by atoms with E-state index in [1.807, 2.05) is 25.1 Å². The Labute approximate surface area is 126 Å². The first-order valence-corrected chi connectivity index (χ1v) is 8.98. The minimum Gasteiger partial charge on any atom is -0.486 e. The molecule has 0 amide bonds. The summed E-state index contributed by atoms with van der Waals surface area (Å²) in [7, 11) is -1.35. The molecule has 0 radical (unpaired) electrons. The molecule has 2 unspecified atom stereocenters. The van der Waals surface area contributed by atoms with Crippen LogP contribution >= 0.6 is 0 Å². The molecule has 0 aliphatic carbocycles. The van der Waals surface area contributed by atoms with Crippen molar-refractivity contribution >= 4 is 9.84 Å². The molecule has 1 N–H and O–H groups in total. The number of ether oxygens (including phenoxy) is 2. The fourth-order valence-corrected chi connectivity index (χ4v) is 3.93. The fourth-order valence-electron chi connectivity index (χ4n) is 2.27. The number of hydrogen-bond donors (Lipinski definition) is 1. The first-order valence-electron chi connectivity index (χ1n) is 7.26. The zero-order valence-electron chi connectivity index (χ0n) is 12.8. The van der Waals surface area contributed by atoms with Crippen LogP contribution in [0.15, 0.2) is 18.2 Å². The van der Waals surface area contributed by atoms with Gasteiger partial charge in [0.25, 0.3) is 0 Å². The average molecular weight is 313 g/mol. The zero-order chi connectivity index (χ0) is 15.5. The third kappa shape index (κ3) is 3.68. The first-order chi connectivity index (χ1) is 9.97. The average Bonchev–Trinajstić information content (AvgIpc) is 2.51. The Kier molecular flexibility index (Phi) is 5.11. The quantitative estimate of drug-likeness (QED) is 0.869. The molecule has 1 aliphatic heterocycles.